The molecule has 1 amide bonds. The zero-order chi connectivity index (χ0) is 15.5. The number of carbonyl (C=O) groups excluding carboxylic acids is 1. The summed E-state index contributed by atoms with van der Waals surface area (Å²) in [6.07, 6.45) is 2.42. The Morgan fingerprint density at radius 3 is 2.90 bits per heavy atom. The van der Waals surface area contributed by atoms with Crippen molar-refractivity contribution in [3.63, 3.8) is 0 Å². The van der Waals surface area contributed by atoms with Gasteiger partial charge in [-0.05, 0) is 63.4 Å². The van der Waals surface area contributed by atoms with Crippen LogP contribution >= 0.6 is 0 Å². The van der Waals surface area contributed by atoms with E-state index >= 15 is 0 Å². The molecule has 1 aliphatic heterocycles. The number of nitrogens with one attached hydrogen (secondary N) is 1. The summed E-state index contributed by atoms with van der Waals surface area (Å²) in [5.74, 6) is -0.0237. The molecule has 1 fully saturated rings. The van der Waals surface area contributed by atoms with Crippen molar-refractivity contribution in [1.29, 1.82) is 0 Å². The second kappa shape index (κ2) is 6.45. The molecule has 1 unspecified atom stereocenters. The third-order valence-electron chi connectivity index (χ3n) is 4.05. The van der Waals surface area contributed by atoms with Gasteiger partial charge < -0.3 is 16.2 Å². The van der Waals surface area contributed by atoms with E-state index in [1.54, 1.807) is 6.07 Å². The molecule has 0 saturated carbocycles. The number of benzene rings is 1. The van der Waals surface area contributed by atoms with Crippen LogP contribution in [0.1, 0.15) is 31.7 Å². The van der Waals surface area contributed by atoms with E-state index in [0.29, 0.717) is 18.7 Å². The van der Waals surface area contributed by atoms with E-state index in [-0.39, 0.29) is 5.91 Å². The van der Waals surface area contributed by atoms with Crippen molar-refractivity contribution in [2.75, 3.05) is 30.7 Å². The quantitative estimate of drug-likeness (QED) is 0.741. The van der Waals surface area contributed by atoms with Crippen LogP contribution in [0, 0.1) is 6.92 Å². The van der Waals surface area contributed by atoms with Crippen molar-refractivity contribution in [3.05, 3.63) is 23.8 Å². The number of aryl methyl sites for hydroxylation is 1. The lowest BCUT2D eigenvalue weighted by atomic mass is 9.98. The Morgan fingerprint density at radius 1 is 1.43 bits per heavy atom. The lowest BCUT2D eigenvalue weighted by Gasteiger charge is -2.22. The highest BCUT2D eigenvalue weighted by Crippen LogP contribution is 2.21. The van der Waals surface area contributed by atoms with Gasteiger partial charge in [0.2, 0.25) is 5.91 Å². The van der Waals surface area contributed by atoms with Gasteiger partial charge in [0, 0.05) is 17.9 Å². The second-order valence-corrected chi connectivity index (χ2v) is 6.25. The molecule has 0 aliphatic carbocycles. The van der Waals surface area contributed by atoms with Gasteiger partial charge in [-0.3, -0.25) is 9.69 Å². The molecule has 5 heteroatoms. The third kappa shape index (κ3) is 4.72. The smallest absolute Gasteiger partial charge is 0.238 e. The van der Waals surface area contributed by atoms with E-state index in [2.05, 4.69) is 10.2 Å². The van der Waals surface area contributed by atoms with Crippen LogP contribution in [0.2, 0.25) is 0 Å². The minimum absolute atomic E-state index is 0.0237. The molecule has 1 aliphatic rings. The molecule has 0 spiro atoms. The van der Waals surface area contributed by atoms with Gasteiger partial charge in [0.05, 0.1) is 12.1 Å². The summed E-state index contributed by atoms with van der Waals surface area (Å²) in [5.41, 5.74) is 7.56. The van der Waals surface area contributed by atoms with Gasteiger partial charge in [0.15, 0.2) is 0 Å². The van der Waals surface area contributed by atoms with Crippen LogP contribution in [-0.4, -0.2) is 41.1 Å². The van der Waals surface area contributed by atoms with Gasteiger partial charge in [-0.1, -0.05) is 0 Å². The van der Waals surface area contributed by atoms with Crippen molar-refractivity contribution in [2.45, 2.75) is 38.7 Å². The topological polar surface area (TPSA) is 78.6 Å². The summed E-state index contributed by atoms with van der Waals surface area (Å²) in [7, 11) is 0. The van der Waals surface area contributed by atoms with Crippen LogP contribution in [0.5, 0.6) is 0 Å². The number of nitrogens with zero attached hydrogens (tertiary/aromatic N) is 1. The maximum Gasteiger partial charge on any atom is 0.238 e. The lowest BCUT2D eigenvalue weighted by molar-refractivity contribution is -0.117. The standard InChI is InChI=1S/C16H25N3O2/c1-12-10-13(17)4-5-14(12)18-15(20)11-19-8-3-6-16(2,21)7-9-19/h4-5,10,21H,3,6-9,11,17H2,1-2H3,(H,18,20). The van der Waals surface area contributed by atoms with E-state index in [1.165, 1.54) is 0 Å². The third-order valence-corrected chi connectivity index (χ3v) is 4.05. The average Bonchev–Trinajstić information content (AvgIpc) is 2.54. The normalized spacial score (nSPS) is 23.6. The molecule has 0 bridgehead atoms. The molecule has 5 nitrogen and oxygen atoms in total. The predicted molar refractivity (Wildman–Crippen MR) is 85.1 cm³/mol. The van der Waals surface area contributed by atoms with E-state index in [0.717, 1.165) is 37.2 Å². The SMILES string of the molecule is Cc1cc(N)ccc1NC(=O)CN1CCCC(C)(O)CC1. The summed E-state index contributed by atoms with van der Waals surface area (Å²) in [4.78, 5) is 14.2. The molecule has 0 radical (unpaired) electrons. The molecule has 1 atom stereocenters. The van der Waals surface area contributed by atoms with Crippen molar-refractivity contribution < 1.29 is 9.90 Å². The summed E-state index contributed by atoms with van der Waals surface area (Å²) in [5, 5.41) is 13.0. The minimum Gasteiger partial charge on any atom is -0.399 e. The Bertz CT molecular complexity index is 514. The first-order valence-electron chi connectivity index (χ1n) is 7.46. The van der Waals surface area contributed by atoms with Gasteiger partial charge in [-0.25, -0.2) is 0 Å². The molecule has 1 aromatic carbocycles. The first-order chi connectivity index (χ1) is 9.85. The lowest BCUT2D eigenvalue weighted by Crippen LogP contribution is -2.35. The number of anilines is 2. The molecular formula is C16H25N3O2. The first-order valence-corrected chi connectivity index (χ1v) is 7.46. The van der Waals surface area contributed by atoms with Gasteiger partial charge >= 0.3 is 0 Å². The Morgan fingerprint density at radius 2 is 2.19 bits per heavy atom. The van der Waals surface area contributed by atoms with Crippen LogP contribution in [0.4, 0.5) is 11.4 Å². The highest BCUT2D eigenvalue weighted by Gasteiger charge is 2.25. The predicted octanol–water partition coefficient (Wildman–Crippen LogP) is 1.75. The molecule has 21 heavy (non-hydrogen) atoms. The summed E-state index contributed by atoms with van der Waals surface area (Å²) >= 11 is 0. The number of rotatable bonds is 3. The molecule has 1 aromatic rings. The van der Waals surface area contributed by atoms with Crippen molar-refractivity contribution in [3.8, 4) is 0 Å². The van der Waals surface area contributed by atoms with E-state index < -0.39 is 5.60 Å². The fourth-order valence-electron chi connectivity index (χ4n) is 2.70. The van der Waals surface area contributed by atoms with Crippen molar-refractivity contribution in [1.82, 2.24) is 4.90 Å². The van der Waals surface area contributed by atoms with Crippen LogP contribution in [0.3, 0.4) is 0 Å². The molecule has 1 saturated heterocycles. The Hall–Kier alpha value is -1.59. The maximum absolute atomic E-state index is 12.1. The highest BCUT2D eigenvalue weighted by atomic mass is 16.3. The Balaban J connectivity index is 1.89. The Labute approximate surface area is 126 Å². The number of carbonyl (C=O) groups is 1. The monoisotopic (exact) mass is 291 g/mol. The van der Waals surface area contributed by atoms with Gasteiger partial charge in [-0.15, -0.1) is 0 Å². The van der Waals surface area contributed by atoms with Gasteiger partial charge in [0.1, 0.15) is 0 Å². The number of nitrogen functional groups attached to an aromatic ring is 1. The summed E-state index contributed by atoms with van der Waals surface area (Å²) in [6, 6.07) is 5.46. The van der Waals surface area contributed by atoms with Crippen LogP contribution in [0.25, 0.3) is 0 Å². The van der Waals surface area contributed by atoms with E-state index in [1.807, 2.05) is 26.0 Å². The molecule has 0 aromatic heterocycles. The number of aliphatic hydroxyl groups is 1. The first kappa shape index (κ1) is 15.8. The minimum atomic E-state index is -0.598. The van der Waals surface area contributed by atoms with E-state index in [9.17, 15) is 9.90 Å². The number of nitrogens with two attached hydrogens (primary N) is 1. The number of hydrogen-bond donors (Lipinski definition) is 3. The fourth-order valence-corrected chi connectivity index (χ4v) is 2.70. The second-order valence-electron chi connectivity index (χ2n) is 6.25. The van der Waals surface area contributed by atoms with Crippen molar-refractivity contribution >= 4 is 17.3 Å². The van der Waals surface area contributed by atoms with Crippen molar-refractivity contribution in [2.24, 2.45) is 0 Å². The molecular weight excluding hydrogens is 266 g/mol. The molecule has 4 N–H and O–H groups in total. The number of hydrogen-bond acceptors (Lipinski definition) is 4. The summed E-state index contributed by atoms with van der Waals surface area (Å²) < 4.78 is 0. The van der Waals surface area contributed by atoms with E-state index in [4.69, 9.17) is 5.73 Å². The molecule has 2 rings (SSSR count). The molecule has 116 valence electrons. The van der Waals surface area contributed by atoms with Gasteiger partial charge in [-0.2, -0.15) is 0 Å². The number of amides is 1. The van der Waals surface area contributed by atoms with Crippen LogP contribution in [0.15, 0.2) is 18.2 Å². The zero-order valence-electron chi connectivity index (χ0n) is 12.9. The van der Waals surface area contributed by atoms with Gasteiger partial charge in [0.25, 0.3) is 0 Å². The van der Waals surface area contributed by atoms with Crippen LogP contribution in [-0.2, 0) is 4.79 Å². The summed E-state index contributed by atoms with van der Waals surface area (Å²) in [6.45, 7) is 5.76. The fraction of sp³-hybridized carbons (Fsp3) is 0.562. The van der Waals surface area contributed by atoms with Crippen LogP contribution < -0.4 is 11.1 Å². The number of likely N-dealkylation sites (tertiary alicyclic amines) is 1. The molecule has 1 heterocycles. The largest absolute Gasteiger partial charge is 0.399 e. The average molecular weight is 291 g/mol. The maximum atomic E-state index is 12.1. The Kier molecular flexibility index (Phi) is 4.85. The highest BCUT2D eigenvalue weighted by molar-refractivity contribution is 5.93. The zero-order valence-corrected chi connectivity index (χ0v) is 12.9.